The van der Waals surface area contributed by atoms with E-state index in [1.54, 1.807) is 0 Å². The number of aromatic nitrogens is 3. The van der Waals surface area contributed by atoms with E-state index in [0.717, 1.165) is 23.3 Å². The van der Waals surface area contributed by atoms with Crippen molar-refractivity contribution in [1.82, 2.24) is 14.3 Å². The highest BCUT2D eigenvalue weighted by Crippen LogP contribution is 2.30. The van der Waals surface area contributed by atoms with Gasteiger partial charge in [0.25, 0.3) is 0 Å². The van der Waals surface area contributed by atoms with Crippen molar-refractivity contribution >= 4 is 17.6 Å². The summed E-state index contributed by atoms with van der Waals surface area (Å²) in [5.41, 5.74) is 0.140. The molecule has 11 heteroatoms. The maximum Gasteiger partial charge on any atom is 0.355 e. The van der Waals surface area contributed by atoms with E-state index in [1.165, 1.54) is 13.8 Å². The van der Waals surface area contributed by atoms with Gasteiger partial charge in [-0.3, -0.25) is 0 Å². The minimum atomic E-state index is -3.15. The van der Waals surface area contributed by atoms with Gasteiger partial charge in [0.1, 0.15) is 23.9 Å². The molecule has 3 rings (SSSR count). The first kappa shape index (κ1) is 23.4. The Balaban J connectivity index is 1.80. The Bertz CT molecular complexity index is 1190. The monoisotopic (exact) mass is 469 g/mol. The van der Waals surface area contributed by atoms with E-state index in [-0.39, 0.29) is 27.8 Å². The molecule has 0 aliphatic carbocycles. The van der Waals surface area contributed by atoms with E-state index in [1.807, 2.05) is 31.2 Å². The SMILES string of the molecule is Cc1ccc(COC(=O)C(C)Oc2cc(-n3nc(C)n(C(F)F)c3=O)c(F)cc2Cl)cc1. The predicted molar refractivity (Wildman–Crippen MR) is 110 cm³/mol. The number of benzene rings is 2. The first-order valence-electron chi connectivity index (χ1n) is 9.43. The minimum absolute atomic E-state index is 0.0228. The second-order valence-electron chi connectivity index (χ2n) is 6.98. The van der Waals surface area contributed by atoms with E-state index in [0.29, 0.717) is 4.68 Å². The van der Waals surface area contributed by atoms with Crippen molar-refractivity contribution in [3.05, 3.63) is 74.7 Å². The Hall–Kier alpha value is -3.27. The summed E-state index contributed by atoms with van der Waals surface area (Å²) in [5, 5.41) is 3.48. The van der Waals surface area contributed by atoms with Crippen molar-refractivity contribution in [1.29, 1.82) is 0 Å². The fourth-order valence-electron chi connectivity index (χ4n) is 2.82. The maximum atomic E-state index is 14.4. The van der Waals surface area contributed by atoms with Crippen LogP contribution in [0, 0.1) is 19.7 Å². The Kier molecular flexibility index (Phi) is 6.93. The number of carbonyl (C=O) groups is 1. The fraction of sp³-hybridized carbons (Fsp3) is 0.286. The molecule has 1 unspecified atom stereocenters. The molecule has 3 aromatic rings. The molecule has 32 heavy (non-hydrogen) atoms. The van der Waals surface area contributed by atoms with Crippen LogP contribution in [0.15, 0.2) is 41.2 Å². The van der Waals surface area contributed by atoms with Gasteiger partial charge >= 0.3 is 18.2 Å². The summed E-state index contributed by atoms with van der Waals surface area (Å²) >= 11 is 6.00. The number of ether oxygens (including phenoxy) is 2. The number of aryl methyl sites for hydroxylation is 2. The van der Waals surface area contributed by atoms with E-state index in [2.05, 4.69) is 5.10 Å². The molecule has 0 spiro atoms. The third kappa shape index (κ3) is 4.96. The number of hydrogen-bond donors (Lipinski definition) is 0. The van der Waals surface area contributed by atoms with Gasteiger partial charge < -0.3 is 9.47 Å². The molecule has 0 amide bonds. The molecule has 170 valence electrons. The predicted octanol–water partition coefficient (Wildman–Crippen LogP) is 4.35. The van der Waals surface area contributed by atoms with Crippen LogP contribution in [0.2, 0.25) is 5.02 Å². The van der Waals surface area contributed by atoms with Gasteiger partial charge in [0, 0.05) is 6.07 Å². The van der Waals surface area contributed by atoms with E-state index < -0.39 is 35.8 Å². The molecule has 1 atom stereocenters. The van der Waals surface area contributed by atoms with Crippen LogP contribution in [0.5, 0.6) is 5.75 Å². The lowest BCUT2D eigenvalue weighted by Gasteiger charge is -2.16. The largest absolute Gasteiger partial charge is 0.477 e. The van der Waals surface area contributed by atoms with Crippen LogP contribution in [0.3, 0.4) is 0 Å². The molecule has 1 heterocycles. The lowest BCUT2D eigenvalue weighted by molar-refractivity contribution is -0.152. The number of rotatable bonds is 7. The zero-order valence-electron chi connectivity index (χ0n) is 17.3. The summed E-state index contributed by atoms with van der Waals surface area (Å²) in [5.74, 6) is -2.16. The molecule has 0 fully saturated rings. The molecule has 1 aromatic heterocycles. The number of esters is 1. The van der Waals surface area contributed by atoms with Crippen LogP contribution in [0.25, 0.3) is 5.69 Å². The van der Waals surface area contributed by atoms with Gasteiger partial charge in [-0.25, -0.2) is 18.5 Å². The van der Waals surface area contributed by atoms with Crippen LogP contribution in [-0.4, -0.2) is 26.4 Å². The summed E-state index contributed by atoms with van der Waals surface area (Å²) in [4.78, 5) is 24.5. The van der Waals surface area contributed by atoms with Crippen molar-refractivity contribution in [2.75, 3.05) is 0 Å². The first-order chi connectivity index (χ1) is 15.1. The average Bonchev–Trinajstić information content (AvgIpc) is 3.03. The summed E-state index contributed by atoms with van der Waals surface area (Å²) in [6, 6.07) is 9.22. The fourth-order valence-corrected chi connectivity index (χ4v) is 3.02. The van der Waals surface area contributed by atoms with Crippen molar-refractivity contribution in [2.45, 2.75) is 40.0 Å². The molecule has 0 saturated carbocycles. The van der Waals surface area contributed by atoms with Crippen LogP contribution in [0.4, 0.5) is 13.2 Å². The minimum Gasteiger partial charge on any atom is -0.477 e. The van der Waals surface area contributed by atoms with Crippen LogP contribution >= 0.6 is 11.6 Å². The van der Waals surface area contributed by atoms with Gasteiger partial charge in [-0.15, -0.1) is 5.10 Å². The Morgan fingerprint density at radius 3 is 2.44 bits per heavy atom. The number of hydrogen-bond acceptors (Lipinski definition) is 5. The summed E-state index contributed by atoms with van der Waals surface area (Å²) in [6.07, 6.45) is -1.13. The van der Waals surface area contributed by atoms with E-state index in [9.17, 15) is 22.8 Å². The highest BCUT2D eigenvalue weighted by atomic mass is 35.5. The molecular formula is C21H19ClF3N3O4. The van der Waals surface area contributed by atoms with Crippen LogP contribution < -0.4 is 10.4 Å². The molecule has 2 aromatic carbocycles. The van der Waals surface area contributed by atoms with Crippen molar-refractivity contribution < 1.29 is 27.4 Å². The molecular weight excluding hydrogens is 451 g/mol. The van der Waals surface area contributed by atoms with E-state index in [4.69, 9.17) is 21.1 Å². The second-order valence-corrected chi connectivity index (χ2v) is 7.38. The highest BCUT2D eigenvalue weighted by molar-refractivity contribution is 6.32. The lowest BCUT2D eigenvalue weighted by atomic mass is 10.2. The highest BCUT2D eigenvalue weighted by Gasteiger charge is 2.23. The molecule has 0 bridgehead atoms. The molecule has 0 N–H and O–H groups in total. The maximum absolute atomic E-state index is 14.4. The summed E-state index contributed by atoms with van der Waals surface area (Å²) < 4.78 is 51.8. The van der Waals surface area contributed by atoms with Gasteiger partial charge in [-0.05, 0) is 32.4 Å². The van der Waals surface area contributed by atoms with Crippen LogP contribution in [-0.2, 0) is 16.1 Å². The number of halogens is 4. The lowest BCUT2D eigenvalue weighted by Crippen LogP contribution is -2.27. The summed E-state index contributed by atoms with van der Waals surface area (Å²) in [6.45, 7) is 1.39. The Morgan fingerprint density at radius 1 is 1.19 bits per heavy atom. The second kappa shape index (κ2) is 9.47. The topological polar surface area (TPSA) is 75.3 Å². The van der Waals surface area contributed by atoms with Gasteiger partial charge in [-0.1, -0.05) is 41.4 Å². The summed E-state index contributed by atoms with van der Waals surface area (Å²) in [7, 11) is 0. The van der Waals surface area contributed by atoms with Gasteiger partial charge in [0.15, 0.2) is 11.9 Å². The Morgan fingerprint density at radius 2 is 1.84 bits per heavy atom. The normalized spacial score (nSPS) is 12.1. The number of carbonyl (C=O) groups excluding carboxylic acids is 1. The van der Waals surface area contributed by atoms with Crippen molar-refractivity contribution in [2.24, 2.45) is 0 Å². The van der Waals surface area contributed by atoms with E-state index >= 15 is 0 Å². The molecule has 0 aliphatic heterocycles. The quantitative estimate of drug-likeness (QED) is 0.481. The van der Waals surface area contributed by atoms with Crippen molar-refractivity contribution in [3.63, 3.8) is 0 Å². The zero-order valence-corrected chi connectivity index (χ0v) is 18.1. The smallest absolute Gasteiger partial charge is 0.355 e. The van der Waals surface area contributed by atoms with Crippen molar-refractivity contribution in [3.8, 4) is 11.4 Å². The molecule has 7 nitrogen and oxygen atoms in total. The standard InChI is InChI=1S/C21H19ClF3N3O4/c1-11-4-6-14(7-5-11)10-31-19(29)12(2)32-18-9-17(16(23)8-15(18)22)28-21(30)27(20(24)25)13(3)26-28/h4-9,12,20H,10H2,1-3H3. The molecule has 0 radical (unpaired) electrons. The van der Waals surface area contributed by atoms with Crippen LogP contribution in [0.1, 0.15) is 30.4 Å². The first-order valence-corrected chi connectivity index (χ1v) is 9.81. The van der Waals surface area contributed by atoms with Gasteiger partial charge in [-0.2, -0.15) is 13.5 Å². The van der Waals surface area contributed by atoms with Gasteiger partial charge in [0.05, 0.1) is 5.02 Å². The zero-order chi connectivity index (χ0) is 23.6. The third-order valence-electron chi connectivity index (χ3n) is 4.54. The number of nitrogens with zero attached hydrogens (tertiary/aromatic N) is 3. The Labute approximate surface area is 185 Å². The third-order valence-corrected chi connectivity index (χ3v) is 4.84. The van der Waals surface area contributed by atoms with Gasteiger partial charge in [0.2, 0.25) is 0 Å². The molecule has 0 saturated heterocycles. The molecule has 0 aliphatic rings. The average molecular weight is 470 g/mol. The number of alkyl halides is 2.